The van der Waals surface area contributed by atoms with E-state index in [1.807, 2.05) is 24.3 Å². The molecule has 0 fully saturated rings. The van der Waals surface area contributed by atoms with Gasteiger partial charge in [0.25, 0.3) is 0 Å². The lowest BCUT2D eigenvalue weighted by atomic mass is 10.1. The van der Waals surface area contributed by atoms with Crippen molar-refractivity contribution in [3.05, 3.63) is 36.2 Å². The van der Waals surface area contributed by atoms with Crippen molar-refractivity contribution >= 4 is 5.97 Å². The standard InChI is InChI=1S/C13H15N3O2/c1-2-10-3-5-11(6-4-10)13-14-9-16(15-13)8-7-12(17)18/h3-6,9H,2,7-8H2,1H3,(H,17,18). The number of aliphatic carboxylic acids is 1. The molecule has 0 atom stereocenters. The molecule has 1 heterocycles. The van der Waals surface area contributed by atoms with Gasteiger partial charge in [-0.15, -0.1) is 0 Å². The molecule has 0 saturated heterocycles. The Balaban J connectivity index is 2.10. The van der Waals surface area contributed by atoms with Crippen LogP contribution in [0.2, 0.25) is 0 Å². The minimum absolute atomic E-state index is 0.0531. The maximum absolute atomic E-state index is 10.5. The maximum Gasteiger partial charge on any atom is 0.305 e. The smallest absolute Gasteiger partial charge is 0.305 e. The van der Waals surface area contributed by atoms with E-state index in [1.54, 1.807) is 11.0 Å². The molecule has 94 valence electrons. The molecular formula is C13H15N3O2. The molecule has 0 saturated carbocycles. The number of aryl methyl sites for hydroxylation is 2. The summed E-state index contributed by atoms with van der Waals surface area (Å²) in [5.41, 5.74) is 2.21. The Morgan fingerprint density at radius 1 is 1.33 bits per heavy atom. The van der Waals surface area contributed by atoms with E-state index in [9.17, 15) is 4.79 Å². The monoisotopic (exact) mass is 245 g/mol. The van der Waals surface area contributed by atoms with Gasteiger partial charge in [-0.1, -0.05) is 31.2 Å². The van der Waals surface area contributed by atoms with Crippen molar-refractivity contribution in [2.75, 3.05) is 0 Å². The molecule has 0 unspecified atom stereocenters. The van der Waals surface area contributed by atoms with E-state index < -0.39 is 5.97 Å². The second-order valence-electron chi connectivity index (χ2n) is 4.03. The van der Waals surface area contributed by atoms with Gasteiger partial charge in [-0.05, 0) is 12.0 Å². The average Bonchev–Trinajstić information content (AvgIpc) is 2.85. The number of carboxylic acid groups (broad SMARTS) is 1. The Bertz CT molecular complexity index is 531. The Labute approximate surface area is 105 Å². The van der Waals surface area contributed by atoms with Gasteiger partial charge >= 0.3 is 5.97 Å². The van der Waals surface area contributed by atoms with Gasteiger partial charge < -0.3 is 5.11 Å². The van der Waals surface area contributed by atoms with E-state index in [0.29, 0.717) is 12.4 Å². The average molecular weight is 245 g/mol. The van der Waals surface area contributed by atoms with Crippen LogP contribution in [0.4, 0.5) is 0 Å². The first-order chi connectivity index (χ1) is 8.69. The number of hydrogen-bond donors (Lipinski definition) is 1. The van der Waals surface area contributed by atoms with Gasteiger partial charge in [-0.3, -0.25) is 9.48 Å². The lowest BCUT2D eigenvalue weighted by Gasteiger charge is -1.99. The highest BCUT2D eigenvalue weighted by molar-refractivity contribution is 5.66. The molecule has 0 amide bonds. The Hall–Kier alpha value is -2.17. The summed E-state index contributed by atoms with van der Waals surface area (Å²) in [7, 11) is 0. The summed E-state index contributed by atoms with van der Waals surface area (Å²) in [6.07, 6.45) is 2.62. The molecular weight excluding hydrogens is 230 g/mol. The van der Waals surface area contributed by atoms with E-state index in [4.69, 9.17) is 5.11 Å². The Kier molecular flexibility index (Phi) is 3.72. The summed E-state index contributed by atoms with van der Waals surface area (Å²) in [6.45, 7) is 2.45. The van der Waals surface area contributed by atoms with Crippen LogP contribution in [0, 0.1) is 0 Å². The van der Waals surface area contributed by atoms with Crippen LogP contribution in [0.15, 0.2) is 30.6 Å². The van der Waals surface area contributed by atoms with Crippen molar-refractivity contribution in [2.24, 2.45) is 0 Å². The molecule has 1 aromatic heterocycles. The van der Waals surface area contributed by atoms with Crippen LogP contribution in [0.5, 0.6) is 0 Å². The summed E-state index contributed by atoms with van der Waals surface area (Å²) >= 11 is 0. The third kappa shape index (κ3) is 2.94. The molecule has 0 aliphatic heterocycles. The highest BCUT2D eigenvalue weighted by Gasteiger charge is 2.05. The summed E-state index contributed by atoms with van der Waals surface area (Å²) in [6, 6.07) is 8.06. The van der Waals surface area contributed by atoms with Gasteiger partial charge in [0.05, 0.1) is 13.0 Å². The Morgan fingerprint density at radius 3 is 2.67 bits per heavy atom. The minimum Gasteiger partial charge on any atom is -0.481 e. The normalized spacial score (nSPS) is 10.5. The minimum atomic E-state index is -0.834. The number of benzene rings is 1. The third-order valence-electron chi connectivity index (χ3n) is 2.71. The lowest BCUT2D eigenvalue weighted by Crippen LogP contribution is -2.04. The van der Waals surface area contributed by atoms with Crippen molar-refractivity contribution in [2.45, 2.75) is 26.3 Å². The van der Waals surface area contributed by atoms with E-state index in [2.05, 4.69) is 17.0 Å². The van der Waals surface area contributed by atoms with Crippen LogP contribution in [-0.2, 0) is 17.8 Å². The molecule has 1 aromatic carbocycles. The molecule has 5 heteroatoms. The molecule has 2 rings (SSSR count). The van der Waals surface area contributed by atoms with Crippen molar-refractivity contribution < 1.29 is 9.90 Å². The largest absolute Gasteiger partial charge is 0.481 e. The van der Waals surface area contributed by atoms with Gasteiger partial charge in [0.2, 0.25) is 0 Å². The molecule has 2 aromatic rings. The predicted molar refractivity (Wildman–Crippen MR) is 67.1 cm³/mol. The fourth-order valence-corrected chi connectivity index (χ4v) is 1.63. The van der Waals surface area contributed by atoms with Gasteiger partial charge in [0, 0.05) is 5.56 Å². The highest BCUT2D eigenvalue weighted by atomic mass is 16.4. The molecule has 5 nitrogen and oxygen atoms in total. The van der Waals surface area contributed by atoms with Crippen molar-refractivity contribution in [1.82, 2.24) is 14.8 Å². The fourth-order valence-electron chi connectivity index (χ4n) is 1.63. The van der Waals surface area contributed by atoms with Gasteiger partial charge in [0.15, 0.2) is 5.82 Å². The van der Waals surface area contributed by atoms with Crippen LogP contribution >= 0.6 is 0 Å². The molecule has 18 heavy (non-hydrogen) atoms. The quantitative estimate of drug-likeness (QED) is 0.874. The molecule has 0 aliphatic carbocycles. The van der Waals surface area contributed by atoms with Crippen molar-refractivity contribution in [1.29, 1.82) is 0 Å². The third-order valence-corrected chi connectivity index (χ3v) is 2.71. The van der Waals surface area contributed by atoms with E-state index in [1.165, 1.54) is 5.56 Å². The zero-order valence-electron chi connectivity index (χ0n) is 10.2. The summed E-state index contributed by atoms with van der Waals surface area (Å²) in [5, 5.41) is 12.8. The number of aromatic nitrogens is 3. The van der Waals surface area contributed by atoms with E-state index >= 15 is 0 Å². The molecule has 0 spiro atoms. The number of hydrogen-bond acceptors (Lipinski definition) is 3. The zero-order valence-corrected chi connectivity index (χ0v) is 10.2. The summed E-state index contributed by atoms with van der Waals surface area (Å²) in [4.78, 5) is 14.6. The van der Waals surface area contributed by atoms with Crippen molar-refractivity contribution in [3.8, 4) is 11.4 Å². The van der Waals surface area contributed by atoms with Crippen LogP contribution in [0.3, 0.4) is 0 Å². The van der Waals surface area contributed by atoms with Crippen LogP contribution in [-0.4, -0.2) is 25.8 Å². The SMILES string of the molecule is CCc1ccc(-c2ncn(CCC(=O)O)n2)cc1. The topological polar surface area (TPSA) is 68.0 Å². The molecule has 0 radical (unpaired) electrons. The first-order valence-corrected chi connectivity index (χ1v) is 5.89. The molecule has 0 bridgehead atoms. The Morgan fingerprint density at radius 2 is 2.06 bits per heavy atom. The first-order valence-electron chi connectivity index (χ1n) is 5.89. The number of nitrogens with zero attached hydrogens (tertiary/aromatic N) is 3. The predicted octanol–water partition coefficient (Wildman–Crippen LogP) is 1.98. The lowest BCUT2D eigenvalue weighted by molar-refractivity contribution is -0.137. The van der Waals surface area contributed by atoms with Gasteiger partial charge in [-0.25, -0.2) is 4.98 Å². The van der Waals surface area contributed by atoms with Gasteiger partial charge in [0.1, 0.15) is 6.33 Å². The molecule has 1 N–H and O–H groups in total. The number of rotatable bonds is 5. The first kappa shape index (κ1) is 12.3. The number of carbonyl (C=O) groups is 1. The summed E-state index contributed by atoms with van der Waals surface area (Å²) < 4.78 is 1.55. The highest BCUT2D eigenvalue weighted by Crippen LogP contribution is 2.15. The van der Waals surface area contributed by atoms with Crippen LogP contribution in [0.1, 0.15) is 18.9 Å². The van der Waals surface area contributed by atoms with Crippen LogP contribution < -0.4 is 0 Å². The van der Waals surface area contributed by atoms with Gasteiger partial charge in [-0.2, -0.15) is 5.10 Å². The zero-order chi connectivity index (χ0) is 13.0. The van der Waals surface area contributed by atoms with E-state index in [-0.39, 0.29) is 6.42 Å². The van der Waals surface area contributed by atoms with Crippen LogP contribution in [0.25, 0.3) is 11.4 Å². The number of carboxylic acids is 1. The molecule has 0 aliphatic rings. The summed E-state index contributed by atoms with van der Waals surface area (Å²) in [5.74, 6) is -0.206. The van der Waals surface area contributed by atoms with E-state index in [0.717, 1.165) is 12.0 Å². The van der Waals surface area contributed by atoms with Crippen molar-refractivity contribution in [3.63, 3.8) is 0 Å². The second-order valence-corrected chi connectivity index (χ2v) is 4.03. The maximum atomic E-state index is 10.5. The second kappa shape index (κ2) is 5.44. The fraction of sp³-hybridized carbons (Fsp3) is 0.308.